The molecule has 3 fully saturated rings. The van der Waals surface area contributed by atoms with Gasteiger partial charge in [-0.15, -0.1) is 0 Å². The first kappa shape index (κ1) is 36.2. The highest BCUT2D eigenvalue weighted by molar-refractivity contribution is 5.57. The molecule has 5 nitrogen and oxygen atoms in total. The zero-order valence-electron chi connectivity index (χ0n) is 31.1. The van der Waals surface area contributed by atoms with Crippen molar-refractivity contribution in [3.63, 3.8) is 0 Å². The van der Waals surface area contributed by atoms with Gasteiger partial charge in [0.15, 0.2) is 0 Å². The first-order chi connectivity index (χ1) is 22.9. The predicted molar refractivity (Wildman–Crippen MR) is 204 cm³/mol. The summed E-state index contributed by atoms with van der Waals surface area (Å²) >= 11 is 0. The average Bonchev–Trinajstić information content (AvgIpc) is 3.10. The molecule has 2 aromatic carbocycles. The van der Waals surface area contributed by atoms with Crippen LogP contribution in [0.25, 0.3) is 0 Å². The quantitative estimate of drug-likeness (QED) is 0.293. The fraction of sp³-hybridized carbons (Fsp3) is 0.714. The molecule has 0 amide bonds. The molecule has 2 unspecified atom stereocenters. The van der Waals surface area contributed by atoms with E-state index in [1.807, 2.05) is 13.8 Å². The maximum absolute atomic E-state index is 3.60. The van der Waals surface area contributed by atoms with Gasteiger partial charge >= 0.3 is 0 Å². The lowest BCUT2D eigenvalue weighted by Gasteiger charge is -2.44. The molecule has 2 atom stereocenters. The van der Waals surface area contributed by atoms with Crippen LogP contribution in [0.2, 0.25) is 0 Å². The van der Waals surface area contributed by atoms with E-state index in [4.69, 9.17) is 0 Å². The second-order valence-corrected chi connectivity index (χ2v) is 15.8. The molecule has 0 radical (unpaired) electrons. The third-order valence-corrected chi connectivity index (χ3v) is 12.0. The molecule has 4 aliphatic heterocycles. The molecule has 4 heterocycles. The van der Waals surface area contributed by atoms with Gasteiger partial charge in [-0.1, -0.05) is 85.1 Å². The van der Waals surface area contributed by atoms with Crippen molar-refractivity contribution in [2.24, 2.45) is 17.3 Å². The van der Waals surface area contributed by atoms with E-state index < -0.39 is 0 Å². The molecule has 7 rings (SSSR count). The van der Waals surface area contributed by atoms with Crippen LogP contribution < -0.4 is 16.0 Å². The highest BCUT2D eigenvalue weighted by Crippen LogP contribution is 2.45. The Morgan fingerprint density at radius 3 is 1.55 bits per heavy atom. The number of piperidine rings is 1. The van der Waals surface area contributed by atoms with E-state index in [-0.39, 0.29) is 0 Å². The number of likely N-dealkylation sites (tertiary alicyclic amines) is 1. The Morgan fingerprint density at radius 2 is 1.09 bits per heavy atom. The summed E-state index contributed by atoms with van der Waals surface area (Å²) in [6, 6.07) is 14.3. The van der Waals surface area contributed by atoms with Crippen LogP contribution in [0, 0.1) is 17.3 Å². The van der Waals surface area contributed by atoms with Crippen molar-refractivity contribution in [2.75, 3.05) is 63.0 Å². The maximum atomic E-state index is 3.60. The van der Waals surface area contributed by atoms with Gasteiger partial charge in [0, 0.05) is 63.7 Å². The third-order valence-electron chi connectivity index (χ3n) is 12.0. The number of anilines is 2. The largest absolute Gasteiger partial charge is 0.385 e. The zero-order valence-corrected chi connectivity index (χ0v) is 31.1. The number of hydrogen-bond donors (Lipinski definition) is 3. The topological polar surface area (TPSA) is 42.6 Å². The first-order valence-electron chi connectivity index (χ1n) is 19.8. The van der Waals surface area contributed by atoms with Crippen LogP contribution >= 0.6 is 0 Å². The van der Waals surface area contributed by atoms with Crippen molar-refractivity contribution in [2.45, 2.75) is 124 Å². The molecule has 1 aliphatic carbocycles. The standard InChI is InChI=1S/C23H36N2.C17H27N3.C2H6/c1-18(2)20-8-13-24-22-7-6-19(16-21(20)22)17-25-14-11-23(12-15-25)9-4-3-5-10-23;1-13(2)15-5-6-19-17-4-3-14(11-16(15)17)12-20-9-7-18-8-10-20;1-2/h6-7,16,18,20,24H,3-5,8-15,17H2,1-2H3;3-4,11,13,15,18-19H,5-10,12H2,1-2H3;1-2H3. The number of nitrogens with one attached hydrogen (secondary N) is 3. The summed E-state index contributed by atoms with van der Waals surface area (Å²) in [6.45, 7) is 25.2. The van der Waals surface area contributed by atoms with Gasteiger partial charge in [0.1, 0.15) is 0 Å². The predicted octanol–water partition coefficient (Wildman–Crippen LogP) is 9.46. The molecule has 262 valence electrons. The summed E-state index contributed by atoms with van der Waals surface area (Å²) in [7, 11) is 0. The number of fused-ring (bicyclic) bond motifs is 2. The Bertz CT molecular complexity index is 1220. The highest BCUT2D eigenvalue weighted by Gasteiger charge is 2.35. The van der Waals surface area contributed by atoms with E-state index in [0.717, 1.165) is 62.4 Å². The Hall–Kier alpha value is -2.08. The minimum absolute atomic E-state index is 0.717. The highest BCUT2D eigenvalue weighted by atomic mass is 15.2. The van der Waals surface area contributed by atoms with Crippen LogP contribution in [0.15, 0.2) is 36.4 Å². The van der Waals surface area contributed by atoms with Crippen LogP contribution in [0.1, 0.15) is 133 Å². The third kappa shape index (κ3) is 9.55. The summed E-state index contributed by atoms with van der Waals surface area (Å²) in [6.07, 6.45) is 12.9. The van der Waals surface area contributed by atoms with E-state index in [1.165, 1.54) is 106 Å². The van der Waals surface area contributed by atoms with E-state index in [2.05, 4.69) is 89.8 Å². The van der Waals surface area contributed by atoms with Crippen molar-refractivity contribution >= 4 is 11.4 Å². The monoisotopic (exact) mass is 644 g/mol. The normalized spacial score (nSPS) is 24.2. The SMILES string of the molecule is CC.CC(C)C1CCNc2ccc(CN3CCC4(CCCCC4)CC3)cc21.CC(C)C1CCNc2ccc(CN3CCNCC3)cc21. The molecule has 47 heavy (non-hydrogen) atoms. The Morgan fingerprint density at radius 1 is 0.617 bits per heavy atom. The maximum Gasteiger partial charge on any atom is 0.0375 e. The average molecular weight is 644 g/mol. The fourth-order valence-corrected chi connectivity index (χ4v) is 9.15. The summed E-state index contributed by atoms with van der Waals surface area (Å²) in [5.74, 6) is 2.90. The molecule has 1 saturated carbocycles. The van der Waals surface area contributed by atoms with Crippen molar-refractivity contribution < 1.29 is 0 Å². The lowest BCUT2D eigenvalue weighted by Crippen LogP contribution is -2.42. The number of nitrogens with zero attached hydrogens (tertiary/aromatic N) is 2. The number of hydrogen-bond acceptors (Lipinski definition) is 5. The molecule has 5 aliphatic rings. The second kappa shape index (κ2) is 17.5. The fourth-order valence-electron chi connectivity index (χ4n) is 9.15. The van der Waals surface area contributed by atoms with Gasteiger partial charge in [-0.2, -0.15) is 0 Å². The molecule has 1 spiro atoms. The number of piperazine rings is 1. The Kier molecular flexibility index (Phi) is 13.5. The van der Waals surface area contributed by atoms with Crippen molar-refractivity contribution in [3.8, 4) is 0 Å². The van der Waals surface area contributed by atoms with E-state index in [0.29, 0.717) is 5.92 Å². The van der Waals surface area contributed by atoms with Gasteiger partial charge < -0.3 is 16.0 Å². The molecule has 0 aromatic heterocycles. The number of rotatable bonds is 6. The Labute approximate surface area is 289 Å². The van der Waals surface area contributed by atoms with Gasteiger partial charge in [0.2, 0.25) is 0 Å². The summed E-state index contributed by atoms with van der Waals surface area (Å²) < 4.78 is 0. The van der Waals surface area contributed by atoms with E-state index in [1.54, 1.807) is 11.1 Å². The van der Waals surface area contributed by atoms with Crippen LogP contribution in [0.4, 0.5) is 11.4 Å². The lowest BCUT2D eigenvalue weighted by atomic mass is 9.68. The number of benzene rings is 2. The Balaban J connectivity index is 0.000000179. The minimum Gasteiger partial charge on any atom is -0.385 e. The summed E-state index contributed by atoms with van der Waals surface area (Å²) in [4.78, 5) is 5.26. The molecule has 5 heteroatoms. The van der Waals surface area contributed by atoms with Crippen LogP contribution in [-0.4, -0.2) is 62.2 Å². The van der Waals surface area contributed by atoms with Gasteiger partial charge in [-0.25, -0.2) is 0 Å². The van der Waals surface area contributed by atoms with Gasteiger partial charge in [-0.3, -0.25) is 9.80 Å². The molecular formula is C42H69N5. The van der Waals surface area contributed by atoms with E-state index >= 15 is 0 Å². The summed E-state index contributed by atoms with van der Waals surface area (Å²) in [5, 5.41) is 10.6. The van der Waals surface area contributed by atoms with Crippen molar-refractivity contribution in [1.82, 2.24) is 15.1 Å². The minimum atomic E-state index is 0.717. The molecule has 2 saturated heterocycles. The molecule has 3 N–H and O–H groups in total. The van der Waals surface area contributed by atoms with Crippen LogP contribution in [0.3, 0.4) is 0 Å². The van der Waals surface area contributed by atoms with Gasteiger partial charge in [0.25, 0.3) is 0 Å². The molecular weight excluding hydrogens is 574 g/mol. The zero-order chi connectivity index (χ0) is 33.2. The second-order valence-electron chi connectivity index (χ2n) is 15.8. The lowest BCUT2D eigenvalue weighted by molar-refractivity contribution is 0.0641. The first-order valence-corrected chi connectivity index (χ1v) is 19.8. The van der Waals surface area contributed by atoms with E-state index in [9.17, 15) is 0 Å². The van der Waals surface area contributed by atoms with Gasteiger partial charge in [0.05, 0.1) is 0 Å². The van der Waals surface area contributed by atoms with Gasteiger partial charge in [-0.05, 0) is 115 Å². The van der Waals surface area contributed by atoms with Crippen molar-refractivity contribution in [1.29, 1.82) is 0 Å². The van der Waals surface area contributed by atoms with Crippen LogP contribution in [0.5, 0.6) is 0 Å². The van der Waals surface area contributed by atoms with Crippen LogP contribution in [-0.2, 0) is 13.1 Å². The smallest absolute Gasteiger partial charge is 0.0375 e. The summed E-state index contributed by atoms with van der Waals surface area (Å²) in [5.41, 5.74) is 9.57. The molecule has 2 aromatic rings. The molecule has 0 bridgehead atoms. The van der Waals surface area contributed by atoms with Crippen molar-refractivity contribution in [3.05, 3.63) is 58.7 Å².